The van der Waals surface area contributed by atoms with Gasteiger partial charge in [-0.3, -0.25) is 4.79 Å². The van der Waals surface area contributed by atoms with Gasteiger partial charge in [-0.15, -0.1) is 0 Å². The van der Waals surface area contributed by atoms with Crippen LogP contribution in [0.1, 0.15) is 20.8 Å². The van der Waals surface area contributed by atoms with E-state index in [4.69, 9.17) is 0 Å². The molecule has 2 rings (SSSR count). The molecule has 6 heteroatoms. The first-order valence-electron chi connectivity index (χ1n) is 5.58. The Morgan fingerprint density at radius 3 is 2.79 bits per heavy atom. The first-order chi connectivity index (χ1) is 9.10. The maximum absolute atomic E-state index is 11.9. The summed E-state index contributed by atoms with van der Waals surface area (Å²) in [7, 11) is 3.09. The van der Waals surface area contributed by atoms with Crippen molar-refractivity contribution < 1.29 is 14.3 Å². The lowest BCUT2D eigenvalue weighted by molar-refractivity contribution is 0.0600. The zero-order chi connectivity index (χ0) is 13.8. The van der Waals surface area contributed by atoms with Crippen molar-refractivity contribution in [3.8, 4) is 0 Å². The highest BCUT2D eigenvalue weighted by Crippen LogP contribution is 2.12. The number of aryl methyl sites for hydroxylation is 1. The van der Waals surface area contributed by atoms with E-state index in [1.165, 1.54) is 7.11 Å². The summed E-state index contributed by atoms with van der Waals surface area (Å²) in [6.07, 6.45) is 3.15. The van der Waals surface area contributed by atoms with Crippen LogP contribution < -0.4 is 5.32 Å². The highest BCUT2D eigenvalue weighted by Gasteiger charge is 2.10. The second kappa shape index (κ2) is 5.34. The van der Waals surface area contributed by atoms with E-state index >= 15 is 0 Å². The number of esters is 1. The number of rotatable bonds is 3. The van der Waals surface area contributed by atoms with Crippen molar-refractivity contribution in [3.05, 3.63) is 48.0 Å². The summed E-state index contributed by atoms with van der Waals surface area (Å²) in [5, 5.41) is 2.67. The van der Waals surface area contributed by atoms with Crippen molar-refractivity contribution >= 4 is 17.6 Å². The van der Waals surface area contributed by atoms with Crippen LogP contribution in [-0.4, -0.2) is 28.5 Å². The van der Waals surface area contributed by atoms with E-state index in [1.54, 1.807) is 48.4 Å². The second-order valence-corrected chi connectivity index (χ2v) is 3.95. The summed E-state index contributed by atoms with van der Waals surface area (Å²) in [6, 6.07) is 6.52. The van der Waals surface area contributed by atoms with Crippen molar-refractivity contribution in [1.29, 1.82) is 0 Å². The topological polar surface area (TPSA) is 73.2 Å². The number of hydrogen-bond donors (Lipinski definition) is 1. The van der Waals surface area contributed by atoms with Gasteiger partial charge in [-0.25, -0.2) is 9.78 Å². The van der Waals surface area contributed by atoms with E-state index in [-0.39, 0.29) is 5.91 Å². The van der Waals surface area contributed by atoms with E-state index in [1.807, 2.05) is 0 Å². The Morgan fingerprint density at radius 1 is 1.37 bits per heavy atom. The van der Waals surface area contributed by atoms with Crippen LogP contribution >= 0.6 is 0 Å². The molecule has 6 nitrogen and oxygen atoms in total. The minimum absolute atomic E-state index is 0.311. The zero-order valence-electron chi connectivity index (χ0n) is 10.6. The van der Waals surface area contributed by atoms with Crippen LogP contribution in [0.3, 0.4) is 0 Å². The minimum Gasteiger partial charge on any atom is -0.465 e. The van der Waals surface area contributed by atoms with Crippen molar-refractivity contribution in [1.82, 2.24) is 9.55 Å². The molecule has 2 aromatic rings. The summed E-state index contributed by atoms with van der Waals surface area (Å²) in [4.78, 5) is 27.2. The average Bonchev–Trinajstić information content (AvgIpc) is 2.85. The number of imidazole rings is 1. The standard InChI is InChI=1S/C13H13N3O3/c1-16-7-11(14-8-16)12(17)15-10-5-3-4-9(6-10)13(18)19-2/h3-8H,1-2H3,(H,15,17). The van der Waals surface area contributed by atoms with E-state index in [0.717, 1.165) is 0 Å². The van der Waals surface area contributed by atoms with Gasteiger partial charge >= 0.3 is 5.97 Å². The normalized spacial score (nSPS) is 10.0. The molecule has 0 saturated heterocycles. The SMILES string of the molecule is COC(=O)c1cccc(NC(=O)c2cn(C)cn2)c1. The number of carbonyl (C=O) groups is 2. The van der Waals surface area contributed by atoms with Crippen molar-refractivity contribution in [2.45, 2.75) is 0 Å². The van der Waals surface area contributed by atoms with Crippen LogP contribution in [0.15, 0.2) is 36.8 Å². The van der Waals surface area contributed by atoms with Gasteiger partial charge in [0.2, 0.25) is 0 Å². The lowest BCUT2D eigenvalue weighted by Gasteiger charge is -2.05. The Balaban J connectivity index is 2.15. The molecule has 1 amide bonds. The molecule has 1 aromatic carbocycles. The van der Waals surface area contributed by atoms with Crippen LogP contribution in [0.5, 0.6) is 0 Å². The number of methoxy groups -OCH3 is 1. The Morgan fingerprint density at radius 2 is 2.16 bits per heavy atom. The number of hydrogen-bond acceptors (Lipinski definition) is 4. The number of aromatic nitrogens is 2. The number of nitrogens with zero attached hydrogens (tertiary/aromatic N) is 2. The van der Waals surface area contributed by atoms with E-state index in [2.05, 4.69) is 15.0 Å². The van der Waals surface area contributed by atoms with Crippen LogP contribution in [-0.2, 0) is 11.8 Å². The summed E-state index contributed by atoms with van der Waals surface area (Å²) < 4.78 is 6.30. The summed E-state index contributed by atoms with van der Waals surface area (Å²) in [5.74, 6) is -0.781. The van der Waals surface area contributed by atoms with Gasteiger partial charge in [0.05, 0.1) is 19.0 Å². The molecule has 0 unspecified atom stereocenters. The predicted octanol–water partition coefficient (Wildman–Crippen LogP) is 1.46. The molecule has 1 heterocycles. The van der Waals surface area contributed by atoms with Gasteiger partial charge < -0.3 is 14.6 Å². The monoisotopic (exact) mass is 259 g/mol. The zero-order valence-corrected chi connectivity index (χ0v) is 10.6. The predicted molar refractivity (Wildman–Crippen MR) is 68.9 cm³/mol. The third-order valence-electron chi connectivity index (χ3n) is 2.48. The molecule has 98 valence electrons. The summed E-state index contributed by atoms with van der Waals surface area (Å²) in [6.45, 7) is 0. The Bertz CT molecular complexity index is 619. The molecule has 0 atom stereocenters. The Labute approximate surface area is 110 Å². The van der Waals surface area contributed by atoms with E-state index in [9.17, 15) is 9.59 Å². The van der Waals surface area contributed by atoms with E-state index < -0.39 is 5.97 Å². The van der Waals surface area contributed by atoms with Crippen LogP contribution in [0.25, 0.3) is 0 Å². The number of benzene rings is 1. The maximum atomic E-state index is 11.9. The molecule has 0 aliphatic rings. The molecule has 1 aromatic heterocycles. The van der Waals surface area contributed by atoms with Gasteiger partial charge in [0.15, 0.2) is 0 Å². The van der Waals surface area contributed by atoms with Crippen molar-refractivity contribution in [3.63, 3.8) is 0 Å². The fraction of sp³-hybridized carbons (Fsp3) is 0.154. The molecule has 0 bridgehead atoms. The number of amides is 1. The van der Waals surface area contributed by atoms with Gasteiger partial charge in [-0.1, -0.05) is 6.07 Å². The third-order valence-corrected chi connectivity index (χ3v) is 2.48. The lowest BCUT2D eigenvalue weighted by atomic mass is 10.2. The molecule has 1 N–H and O–H groups in total. The minimum atomic E-state index is -0.450. The number of nitrogens with one attached hydrogen (secondary N) is 1. The molecule has 0 radical (unpaired) electrons. The van der Waals surface area contributed by atoms with Gasteiger partial charge in [0.25, 0.3) is 5.91 Å². The van der Waals surface area contributed by atoms with Gasteiger partial charge in [0, 0.05) is 18.9 Å². The van der Waals surface area contributed by atoms with Gasteiger partial charge in [-0.2, -0.15) is 0 Å². The first-order valence-corrected chi connectivity index (χ1v) is 5.58. The molecule has 0 aliphatic heterocycles. The average molecular weight is 259 g/mol. The maximum Gasteiger partial charge on any atom is 0.337 e. The van der Waals surface area contributed by atoms with E-state index in [0.29, 0.717) is 16.9 Å². The number of anilines is 1. The number of carbonyl (C=O) groups excluding carboxylic acids is 2. The fourth-order valence-electron chi connectivity index (χ4n) is 1.57. The molecule has 19 heavy (non-hydrogen) atoms. The smallest absolute Gasteiger partial charge is 0.337 e. The molecule has 0 spiro atoms. The number of ether oxygens (including phenoxy) is 1. The molecular formula is C13H13N3O3. The summed E-state index contributed by atoms with van der Waals surface area (Å²) >= 11 is 0. The quantitative estimate of drug-likeness (QED) is 0.847. The van der Waals surface area contributed by atoms with Crippen LogP contribution in [0, 0.1) is 0 Å². The Kier molecular flexibility index (Phi) is 3.61. The summed E-state index contributed by atoms with van der Waals surface area (Å²) in [5.41, 5.74) is 1.20. The van der Waals surface area contributed by atoms with Crippen LogP contribution in [0.4, 0.5) is 5.69 Å². The van der Waals surface area contributed by atoms with Crippen molar-refractivity contribution in [2.75, 3.05) is 12.4 Å². The van der Waals surface area contributed by atoms with Crippen molar-refractivity contribution in [2.24, 2.45) is 7.05 Å². The fourth-order valence-corrected chi connectivity index (χ4v) is 1.57. The molecule has 0 aliphatic carbocycles. The molecule has 0 saturated carbocycles. The van der Waals surface area contributed by atoms with Gasteiger partial charge in [0.1, 0.15) is 5.69 Å². The van der Waals surface area contributed by atoms with Gasteiger partial charge in [-0.05, 0) is 18.2 Å². The first kappa shape index (κ1) is 12.8. The third kappa shape index (κ3) is 2.98. The highest BCUT2D eigenvalue weighted by molar-refractivity contribution is 6.03. The second-order valence-electron chi connectivity index (χ2n) is 3.95. The highest BCUT2D eigenvalue weighted by atomic mass is 16.5. The molecule has 0 fully saturated rings. The Hall–Kier alpha value is -2.63. The largest absolute Gasteiger partial charge is 0.465 e. The molecular weight excluding hydrogens is 246 g/mol. The van der Waals surface area contributed by atoms with Crippen LogP contribution in [0.2, 0.25) is 0 Å². The lowest BCUT2D eigenvalue weighted by Crippen LogP contribution is -2.13.